The van der Waals surface area contributed by atoms with Crippen LogP contribution in [0.1, 0.15) is 18.1 Å². The first-order chi connectivity index (χ1) is 16.2. The fourth-order valence-corrected chi connectivity index (χ4v) is 4.52. The number of pyridine rings is 1. The Hall–Kier alpha value is -4.17. The molecule has 33 heavy (non-hydrogen) atoms. The topological polar surface area (TPSA) is 17.8 Å². The van der Waals surface area contributed by atoms with Gasteiger partial charge in [0.25, 0.3) is 0 Å². The summed E-state index contributed by atoms with van der Waals surface area (Å²) in [7, 11) is 0. The first kappa shape index (κ1) is 20.7. The molecule has 0 amide bonds. The molecule has 2 heterocycles. The summed E-state index contributed by atoms with van der Waals surface area (Å²) in [5.74, 6) is 0. The Balaban J connectivity index is 1.74. The highest BCUT2D eigenvalue weighted by molar-refractivity contribution is 6.10. The smallest absolute Gasteiger partial charge is 0.0782 e. The summed E-state index contributed by atoms with van der Waals surface area (Å²) >= 11 is 0. The van der Waals surface area contributed by atoms with E-state index in [2.05, 4.69) is 90.9 Å². The molecule has 3 aromatic carbocycles. The molecule has 5 rings (SSSR count). The summed E-state index contributed by atoms with van der Waals surface area (Å²) < 4.78 is 2.33. The van der Waals surface area contributed by atoms with E-state index in [9.17, 15) is 0 Å². The second kappa shape index (κ2) is 8.76. The van der Waals surface area contributed by atoms with Crippen LogP contribution in [0.25, 0.3) is 44.3 Å². The Kier molecular flexibility index (Phi) is 5.50. The third-order valence-electron chi connectivity index (χ3n) is 6.04. The van der Waals surface area contributed by atoms with Crippen molar-refractivity contribution in [3.63, 3.8) is 0 Å². The Morgan fingerprint density at radius 1 is 0.848 bits per heavy atom. The van der Waals surface area contributed by atoms with E-state index in [0.717, 1.165) is 28.1 Å². The zero-order chi connectivity index (χ0) is 22.8. The van der Waals surface area contributed by atoms with Crippen LogP contribution in [0.2, 0.25) is 0 Å². The summed E-state index contributed by atoms with van der Waals surface area (Å²) in [5.41, 5.74) is 8.82. The lowest BCUT2D eigenvalue weighted by Crippen LogP contribution is -1.95. The molecule has 0 unspecified atom stereocenters. The molecule has 0 aliphatic rings. The van der Waals surface area contributed by atoms with Crippen LogP contribution in [0.15, 0.2) is 116 Å². The molecular weight excluding hydrogens is 400 g/mol. The summed E-state index contributed by atoms with van der Waals surface area (Å²) in [5, 5.41) is 2.45. The van der Waals surface area contributed by atoms with Gasteiger partial charge in [0.15, 0.2) is 0 Å². The van der Waals surface area contributed by atoms with Crippen LogP contribution >= 0.6 is 0 Å². The second-order valence-corrected chi connectivity index (χ2v) is 8.18. The lowest BCUT2D eigenvalue weighted by molar-refractivity contribution is 1.18. The number of para-hydroxylation sites is 2. The number of fused-ring (bicyclic) bond motifs is 3. The summed E-state index contributed by atoms with van der Waals surface area (Å²) in [6.45, 7) is 8.46. The van der Waals surface area contributed by atoms with Crippen LogP contribution in [0.4, 0.5) is 0 Å². The molecule has 0 bridgehead atoms. The van der Waals surface area contributed by atoms with Crippen molar-refractivity contribution in [2.75, 3.05) is 0 Å². The molecule has 160 valence electrons. The number of aromatic nitrogens is 2. The van der Waals surface area contributed by atoms with Gasteiger partial charge < -0.3 is 4.57 Å². The number of rotatable bonds is 5. The zero-order valence-electron chi connectivity index (χ0n) is 19.0. The molecule has 0 aliphatic heterocycles. The van der Waals surface area contributed by atoms with E-state index >= 15 is 0 Å². The minimum Gasteiger partial charge on any atom is -0.309 e. The van der Waals surface area contributed by atoms with Gasteiger partial charge in [0.1, 0.15) is 0 Å². The minimum atomic E-state index is 0.959. The van der Waals surface area contributed by atoms with Crippen LogP contribution in [-0.4, -0.2) is 9.55 Å². The highest BCUT2D eigenvalue weighted by Gasteiger charge is 2.16. The SMILES string of the molecule is C=C(/C=C\C=C/C)c1c(C)ccnc1-c1ccc2c(c1)c1ccccc1n2-c1ccccc1. The van der Waals surface area contributed by atoms with Crippen LogP contribution in [-0.2, 0) is 0 Å². The van der Waals surface area contributed by atoms with Gasteiger partial charge in [-0.05, 0) is 61.4 Å². The van der Waals surface area contributed by atoms with Gasteiger partial charge in [0, 0.05) is 33.8 Å². The predicted octanol–water partition coefficient (Wildman–Crippen LogP) is 8.30. The third kappa shape index (κ3) is 3.70. The molecular formula is C31H26N2. The first-order valence-electron chi connectivity index (χ1n) is 11.2. The molecule has 0 atom stereocenters. The van der Waals surface area contributed by atoms with Gasteiger partial charge in [-0.25, -0.2) is 0 Å². The first-order valence-corrected chi connectivity index (χ1v) is 11.2. The van der Waals surface area contributed by atoms with E-state index in [4.69, 9.17) is 4.98 Å². The van der Waals surface area contributed by atoms with Gasteiger partial charge in [-0.15, -0.1) is 0 Å². The summed E-state index contributed by atoms with van der Waals surface area (Å²) in [6.07, 6.45) is 9.98. The Morgan fingerprint density at radius 3 is 2.42 bits per heavy atom. The van der Waals surface area contributed by atoms with Crippen molar-refractivity contribution in [2.45, 2.75) is 13.8 Å². The highest BCUT2D eigenvalue weighted by Crippen LogP contribution is 2.36. The average Bonchev–Trinajstić information content (AvgIpc) is 3.18. The summed E-state index contributed by atoms with van der Waals surface area (Å²) in [4.78, 5) is 4.79. The van der Waals surface area contributed by atoms with Crippen molar-refractivity contribution in [2.24, 2.45) is 0 Å². The average molecular weight is 427 g/mol. The molecule has 5 aromatic rings. The number of hydrogen-bond acceptors (Lipinski definition) is 1. The van der Waals surface area contributed by atoms with Crippen molar-refractivity contribution < 1.29 is 0 Å². The van der Waals surface area contributed by atoms with Crippen molar-refractivity contribution >= 4 is 27.4 Å². The lowest BCUT2D eigenvalue weighted by atomic mass is 9.95. The van der Waals surface area contributed by atoms with Crippen molar-refractivity contribution in [3.8, 4) is 16.9 Å². The highest BCUT2D eigenvalue weighted by atomic mass is 15.0. The Morgan fingerprint density at radius 2 is 1.61 bits per heavy atom. The standard InChI is InChI=1S/C31H26N2/c1-4-5-7-12-22(2)30-23(3)19-20-32-31(30)24-17-18-29-27(21-24)26-15-10-11-16-28(26)33(29)25-13-8-6-9-14-25/h4-21H,2H2,1,3H3/b5-4-,12-7-. The fourth-order valence-electron chi connectivity index (χ4n) is 4.52. The lowest BCUT2D eigenvalue weighted by Gasteiger charge is -2.13. The monoisotopic (exact) mass is 426 g/mol. The van der Waals surface area contributed by atoms with E-state index in [1.807, 2.05) is 43.5 Å². The molecule has 2 heteroatoms. The third-order valence-corrected chi connectivity index (χ3v) is 6.04. The largest absolute Gasteiger partial charge is 0.309 e. The van der Waals surface area contributed by atoms with Crippen LogP contribution in [0.3, 0.4) is 0 Å². The maximum absolute atomic E-state index is 4.79. The van der Waals surface area contributed by atoms with E-state index in [1.54, 1.807) is 0 Å². The molecule has 2 aromatic heterocycles. The number of nitrogens with zero attached hydrogens (tertiary/aromatic N) is 2. The van der Waals surface area contributed by atoms with E-state index < -0.39 is 0 Å². The number of benzene rings is 3. The Bertz CT molecular complexity index is 1530. The molecule has 0 aliphatic carbocycles. The quantitative estimate of drug-likeness (QED) is 0.258. The van der Waals surface area contributed by atoms with Gasteiger partial charge in [0.05, 0.1) is 16.7 Å². The minimum absolute atomic E-state index is 0.959. The van der Waals surface area contributed by atoms with Crippen LogP contribution in [0, 0.1) is 6.92 Å². The number of hydrogen-bond donors (Lipinski definition) is 0. The fraction of sp³-hybridized carbons (Fsp3) is 0.0645. The normalized spacial score (nSPS) is 11.8. The van der Waals surface area contributed by atoms with Gasteiger partial charge in [-0.2, -0.15) is 0 Å². The molecule has 2 nitrogen and oxygen atoms in total. The van der Waals surface area contributed by atoms with Crippen LogP contribution < -0.4 is 0 Å². The van der Waals surface area contributed by atoms with Gasteiger partial charge in [0.2, 0.25) is 0 Å². The zero-order valence-corrected chi connectivity index (χ0v) is 19.0. The second-order valence-electron chi connectivity index (χ2n) is 8.18. The van der Waals surface area contributed by atoms with Crippen LogP contribution in [0.5, 0.6) is 0 Å². The van der Waals surface area contributed by atoms with Crippen molar-refractivity contribution in [1.29, 1.82) is 0 Å². The molecule has 0 radical (unpaired) electrons. The molecule has 0 saturated heterocycles. The number of aryl methyl sites for hydroxylation is 1. The molecule has 0 spiro atoms. The van der Waals surface area contributed by atoms with E-state index in [1.165, 1.54) is 27.4 Å². The van der Waals surface area contributed by atoms with E-state index in [-0.39, 0.29) is 0 Å². The Labute approximate surface area is 194 Å². The molecule has 0 saturated carbocycles. The van der Waals surface area contributed by atoms with E-state index in [0.29, 0.717) is 0 Å². The summed E-state index contributed by atoms with van der Waals surface area (Å²) in [6, 6.07) is 27.8. The maximum atomic E-state index is 4.79. The van der Waals surface area contributed by atoms with Crippen molar-refractivity contribution in [1.82, 2.24) is 9.55 Å². The predicted molar refractivity (Wildman–Crippen MR) is 142 cm³/mol. The number of allylic oxidation sites excluding steroid dienone is 5. The molecule has 0 N–H and O–H groups in total. The van der Waals surface area contributed by atoms with Crippen molar-refractivity contribution in [3.05, 3.63) is 127 Å². The maximum Gasteiger partial charge on any atom is 0.0782 e. The van der Waals surface area contributed by atoms with Gasteiger partial charge in [-0.3, -0.25) is 4.98 Å². The molecule has 0 fully saturated rings. The van der Waals surface area contributed by atoms with Gasteiger partial charge >= 0.3 is 0 Å². The van der Waals surface area contributed by atoms with Gasteiger partial charge in [-0.1, -0.05) is 73.3 Å².